The molecule has 54 valence electrons. The molecule has 1 aromatic heterocycles. The first-order valence-electron chi connectivity index (χ1n) is 3.03. The molecular weight excluding hydrogens is 164 g/mol. The largest absolute Gasteiger partial charge is 0.297 e. The maximum atomic E-state index is 10.2. The van der Waals surface area contributed by atoms with Crippen molar-refractivity contribution in [2.24, 2.45) is 0 Å². The zero-order valence-corrected chi connectivity index (χ0v) is 7.30. The van der Waals surface area contributed by atoms with Crippen LogP contribution < -0.4 is 0 Å². The van der Waals surface area contributed by atoms with Crippen LogP contribution in [0.25, 0.3) is 0 Å². The Bertz CT molecular complexity index is 217. The van der Waals surface area contributed by atoms with E-state index in [9.17, 15) is 4.79 Å². The molecule has 0 aliphatic rings. The minimum absolute atomic E-state index is 0.816. The third kappa shape index (κ3) is 1.85. The second kappa shape index (κ2) is 3.78. The van der Waals surface area contributed by atoms with E-state index in [1.165, 1.54) is 16.2 Å². The van der Waals surface area contributed by atoms with Crippen molar-refractivity contribution in [3.8, 4) is 0 Å². The number of rotatable bonds is 3. The predicted molar refractivity (Wildman–Crippen MR) is 46.1 cm³/mol. The van der Waals surface area contributed by atoms with E-state index in [1.54, 1.807) is 11.8 Å². The summed E-state index contributed by atoms with van der Waals surface area (Å²) in [5.41, 5.74) is 0. The fourth-order valence-corrected chi connectivity index (χ4v) is 2.24. The van der Waals surface area contributed by atoms with E-state index in [-0.39, 0.29) is 0 Å². The fraction of sp³-hybridized carbons (Fsp3) is 0.286. The van der Waals surface area contributed by atoms with Crippen LogP contribution in [-0.2, 0) is 0 Å². The zero-order valence-electron chi connectivity index (χ0n) is 5.66. The van der Waals surface area contributed by atoms with Crippen LogP contribution >= 0.6 is 23.1 Å². The van der Waals surface area contributed by atoms with Crippen LogP contribution in [0.2, 0.25) is 0 Å². The van der Waals surface area contributed by atoms with Gasteiger partial charge in [0.05, 0.1) is 4.88 Å². The Morgan fingerprint density at radius 1 is 1.80 bits per heavy atom. The first-order valence-corrected chi connectivity index (χ1v) is 4.90. The standard InChI is InChI=1S/C7H8OS2/c1-2-9-7-3-6(4-8)10-5-7/h3-5H,2H2,1H3. The maximum absolute atomic E-state index is 10.2. The summed E-state index contributed by atoms with van der Waals surface area (Å²) in [6.07, 6.45) is 0.893. The Balaban J connectivity index is 2.68. The van der Waals surface area contributed by atoms with E-state index >= 15 is 0 Å². The quantitative estimate of drug-likeness (QED) is 0.515. The van der Waals surface area contributed by atoms with Gasteiger partial charge >= 0.3 is 0 Å². The van der Waals surface area contributed by atoms with Crippen molar-refractivity contribution < 1.29 is 4.79 Å². The zero-order chi connectivity index (χ0) is 7.40. The van der Waals surface area contributed by atoms with Gasteiger partial charge in [-0.2, -0.15) is 0 Å². The molecule has 0 spiro atoms. The smallest absolute Gasteiger partial charge is 0.160 e. The van der Waals surface area contributed by atoms with Gasteiger partial charge < -0.3 is 0 Å². The van der Waals surface area contributed by atoms with Crippen LogP contribution in [0, 0.1) is 0 Å². The first kappa shape index (κ1) is 7.82. The third-order valence-corrected chi connectivity index (χ3v) is 2.89. The molecule has 0 amide bonds. The van der Waals surface area contributed by atoms with Crippen molar-refractivity contribution in [1.29, 1.82) is 0 Å². The van der Waals surface area contributed by atoms with Gasteiger partial charge in [-0.05, 0) is 11.8 Å². The molecule has 0 bridgehead atoms. The van der Waals surface area contributed by atoms with Gasteiger partial charge in [-0.15, -0.1) is 23.1 Å². The number of carbonyl (C=O) groups is 1. The van der Waals surface area contributed by atoms with Crippen LogP contribution in [-0.4, -0.2) is 12.0 Å². The second-order valence-electron chi connectivity index (χ2n) is 1.74. The van der Waals surface area contributed by atoms with Gasteiger partial charge in [0, 0.05) is 10.3 Å². The molecule has 0 aliphatic heterocycles. The van der Waals surface area contributed by atoms with Crippen molar-refractivity contribution in [3.63, 3.8) is 0 Å². The Hall–Kier alpha value is -0.280. The van der Waals surface area contributed by atoms with E-state index in [4.69, 9.17) is 0 Å². The van der Waals surface area contributed by atoms with Gasteiger partial charge in [0.2, 0.25) is 0 Å². The molecular formula is C7H8OS2. The van der Waals surface area contributed by atoms with Gasteiger partial charge in [-0.25, -0.2) is 0 Å². The molecule has 1 rings (SSSR count). The van der Waals surface area contributed by atoms with E-state index in [0.29, 0.717) is 0 Å². The van der Waals surface area contributed by atoms with Crippen LogP contribution in [0.1, 0.15) is 16.6 Å². The summed E-state index contributed by atoms with van der Waals surface area (Å²) in [5, 5.41) is 2.01. The second-order valence-corrected chi connectivity index (χ2v) is 4.02. The number of thioether (sulfide) groups is 1. The van der Waals surface area contributed by atoms with Gasteiger partial charge in [0.15, 0.2) is 6.29 Å². The van der Waals surface area contributed by atoms with Gasteiger partial charge in [0.1, 0.15) is 0 Å². The molecule has 0 atom stereocenters. The average molecular weight is 172 g/mol. The van der Waals surface area contributed by atoms with Gasteiger partial charge in [-0.3, -0.25) is 4.79 Å². The summed E-state index contributed by atoms with van der Waals surface area (Å²) in [5.74, 6) is 1.06. The summed E-state index contributed by atoms with van der Waals surface area (Å²) in [7, 11) is 0. The van der Waals surface area contributed by atoms with Crippen molar-refractivity contribution >= 4 is 29.4 Å². The number of hydrogen-bond donors (Lipinski definition) is 0. The number of thiophene rings is 1. The summed E-state index contributed by atoms with van der Waals surface area (Å²) in [6, 6.07) is 1.92. The SMILES string of the molecule is CCSc1csc(C=O)c1. The lowest BCUT2D eigenvalue weighted by atomic mass is 10.5. The summed E-state index contributed by atoms with van der Waals surface area (Å²) in [4.78, 5) is 12.2. The fourth-order valence-electron chi connectivity index (χ4n) is 0.639. The molecule has 0 saturated carbocycles. The summed E-state index contributed by atoms with van der Waals surface area (Å²) in [6.45, 7) is 2.10. The van der Waals surface area contributed by atoms with E-state index in [2.05, 4.69) is 6.92 Å². The highest BCUT2D eigenvalue weighted by atomic mass is 32.2. The highest BCUT2D eigenvalue weighted by Gasteiger charge is 1.96. The topological polar surface area (TPSA) is 17.1 Å². The molecule has 1 heterocycles. The highest BCUT2D eigenvalue weighted by Crippen LogP contribution is 2.22. The van der Waals surface area contributed by atoms with Crippen molar-refractivity contribution in [1.82, 2.24) is 0 Å². The molecule has 0 aromatic carbocycles. The van der Waals surface area contributed by atoms with Gasteiger partial charge in [-0.1, -0.05) is 6.92 Å². The van der Waals surface area contributed by atoms with Crippen LogP contribution in [0.5, 0.6) is 0 Å². The maximum Gasteiger partial charge on any atom is 0.160 e. The molecule has 0 radical (unpaired) electrons. The summed E-state index contributed by atoms with van der Waals surface area (Å²) < 4.78 is 0. The monoisotopic (exact) mass is 172 g/mol. The molecule has 3 heteroatoms. The van der Waals surface area contributed by atoms with Crippen LogP contribution in [0.3, 0.4) is 0 Å². The molecule has 0 fully saturated rings. The lowest BCUT2D eigenvalue weighted by Gasteiger charge is -1.86. The molecule has 0 saturated heterocycles. The minimum Gasteiger partial charge on any atom is -0.297 e. The minimum atomic E-state index is 0.816. The third-order valence-electron chi connectivity index (χ3n) is 1.02. The molecule has 1 nitrogen and oxygen atoms in total. The van der Waals surface area contributed by atoms with Crippen molar-refractivity contribution in [2.45, 2.75) is 11.8 Å². The molecule has 10 heavy (non-hydrogen) atoms. The predicted octanol–water partition coefficient (Wildman–Crippen LogP) is 2.67. The molecule has 0 aliphatic carbocycles. The van der Waals surface area contributed by atoms with E-state index in [0.717, 1.165) is 16.9 Å². The molecule has 1 aromatic rings. The molecule has 0 unspecified atom stereocenters. The number of aldehydes is 1. The Morgan fingerprint density at radius 3 is 3.10 bits per heavy atom. The normalized spacial score (nSPS) is 9.70. The molecule has 0 N–H and O–H groups in total. The number of carbonyl (C=O) groups excluding carboxylic acids is 1. The lowest BCUT2D eigenvalue weighted by molar-refractivity contribution is 0.112. The van der Waals surface area contributed by atoms with Crippen LogP contribution in [0.15, 0.2) is 16.3 Å². The average Bonchev–Trinajstić information content (AvgIpc) is 2.37. The Labute approximate surface area is 68.5 Å². The number of hydrogen-bond acceptors (Lipinski definition) is 3. The van der Waals surface area contributed by atoms with E-state index in [1.807, 2.05) is 11.4 Å². The summed E-state index contributed by atoms with van der Waals surface area (Å²) >= 11 is 3.26. The van der Waals surface area contributed by atoms with Crippen molar-refractivity contribution in [2.75, 3.05) is 5.75 Å². The van der Waals surface area contributed by atoms with E-state index < -0.39 is 0 Å². The Kier molecular flexibility index (Phi) is 2.96. The first-order chi connectivity index (χ1) is 4.86. The highest BCUT2D eigenvalue weighted by molar-refractivity contribution is 7.99. The Morgan fingerprint density at radius 2 is 2.60 bits per heavy atom. The van der Waals surface area contributed by atoms with Gasteiger partial charge in [0.25, 0.3) is 0 Å². The lowest BCUT2D eigenvalue weighted by Crippen LogP contribution is -1.67. The van der Waals surface area contributed by atoms with Crippen LogP contribution in [0.4, 0.5) is 0 Å². The van der Waals surface area contributed by atoms with Crippen molar-refractivity contribution in [3.05, 3.63) is 16.3 Å².